The van der Waals surface area contributed by atoms with Crippen LogP contribution in [0.5, 0.6) is 0 Å². The molecule has 112 valence electrons. The van der Waals surface area contributed by atoms with E-state index in [9.17, 15) is 9.59 Å². The third-order valence-electron chi connectivity index (χ3n) is 2.87. The number of amides is 2. The van der Waals surface area contributed by atoms with Crippen molar-refractivity contribution in [1.82, 2.24) is 20.6 Å². The molecule has 20 heavy (non-hydrogen) atoms. The lowest BCUT2D eigenvalue weighted by Crippen LogP contribution is -2.27. The van der Waals surface area contributed by atoms with Gasteiger partial charge in [-0.1, -0.05) is 12.8 Å². The second kappa shape index (κ2) is 8.77. The summed E-state index contributed by atoms with van der Waals surface area (Å²) in [7, 11) is 1.62. The van der Waals surface area contributed by atoms with E-state index in [-0.39, 0.29) is 11.9 Å². The Bertz CT molecular complexity index is 450. The summed E-state index contributed by atoms with van der Waals surface area (Å²) >= 11 is 2.09. The molecule has 0 aliphatic rings. The summed E-state index contributed by atoms with van der Waals surface area (Å²) in [6.45, 7) is 0. The molecule has 1 aromatic rings. The van der Waals surface area contributed by atoms with Gasteiger partial charge in [-0.15, -0.1) is 0 Å². The number of hydrogen-bond acceptors (Lipinski definition) is 3. The van der Waals surface area contributed by atoms with Crippen molar-refractivity contribution in [3.63, 3.8) is 0 Å². The number of aromatic amines is 1. The van der Waals surface area contributed by atoms with Gasteiger partial charge in [0.15, 0.2) is 0 Å². The van der Waals surface area contributed by atoms with Gasteiger partial charge in [0.05, 0.1) is 15.9 Å². The largest absolute Gasteiger partial charge is 0.465 e. The van der Waals surface area contributed by atoms with Crippen LogP contribution in [0.15, 0.2) is 6.20 Å². The smallest absolute Gasteiger partial charge is 0.405 e. The van der Waals surface area contributed by atoms with E-state index >= 15 is 0 Å². The van der Waals surface area contributed by atoms with Crippen LogP contribution in [0.25, 0.3) is 0 Å². The molecule has 1 unspecified atom stereocenters. The van der Waals surface area contributed by atoms with Crippen LogP contribution in [0.1, 0.15) is 44.0 Å². The molecule has 0 spiro atoms. The van der Waals surface area contributed by atoms with Crippen LogP contribution in [0, 0.1) is 3.70 Å². The zero-order valence-corrected chi connectivity index (χ0v) is 13.4. The van der Waals surface area contributed by atoms with Gasteiger partial charge in [-0.3, -0.25) is 4.79 Å². The Morgan fingerprint density at radius 1 is 1.45 bits per heavy atom. The number of carboxylic acid groups (broad SMARTS) is 1. The number of carbonyl (C=O) groups excluding carboxylic acids is 1. The zero-order chi connectivity index (χ0) is 15.0. The highest BCUT2D eigenvalue weighted by atomic mass is 127. The lowest BCUT2D eigenvalue weighted by molar-refractivity contribution is -0.120. The predicted molar refractivity (Wildman–Crippen MR) is 82.4 cm³/mol. The van der Waals surface area contributed by atoms with Gasteiger partial charge in [0.2, 0.25) is 5.91 Å². The summed E-state index contributed by atoms with van der Waals surface area (Å²) in [6.07, 6.45) is 4.28. The highest BCUT2D eigenvalue weighted by Gasteiger charge is 2.16. The number of imidazole rings is 1. The second-order valence-corrected chi connectivity index (χ2v) is 5.55. The van der Waals surface area contributed by atoms with Gasteiger partial charge in [0.1, 0.15) is 5.82 Å². The Labute approximate surface area is 131 Å². The Morgan fingerprint density at radius 3 is 2.75 bits per heavy atom. The number of nitrogens with zero attached hydrogens (tertiary/aromatic N) is 1. The van der Waals surface area contributed by atoms with E-state index in [1.165, 1.54) is 0 Å². The first kappa shape index (κ1) is 16.7. The molecule has 1 heterocycles. The molecule has 7 nitrogen and oxygen atoms in total. The molecule has 0 aliphatic carbocycles. The molecule has 8 heteroatoms. The van der Waals surface area contributed by atoms with E-state index in [1.807, 2.05) is 0 Å². The lowest BCUT2D eigenvalue weighted by Gasteiger charge is -2.14. The second-order valence-electron chi connectivity index (χ2n) is 4.39. The van der Waals surface area contributed by atoms with Gasteiger partial charge < -0.3 is 20.7 Å². The first-order chi connectivity index (χ1) is 9.52. The first-order valence-electron chi connectivity index (χ1n) is 6.43. The number of H-pyrrole nitrogens is 1. The topological polar surface area (TPSA) is 107 Å². The van der Waals surface area contributed by atoms with Crippen LogP contribution in [0.4, 0.5) is 4.79 Å². The Hall–Kier alpha value is -1.32. The fraction of sp³-hybridized carbons (Fsp3) is 0.583. The average molecular weight is 394 g/mol. The van der Waals surface area contributed by atoms with Crippen molar-refractivity contribution in [3.8, 4) is 0 Å². The molecular weight excluding hydrogens is 375 g/mol. The number of rotatable bonds is 8. The van der Waals surface area contributed by atoms with Crippen LogP contribution in [0.2, 0.25) is 0 Å². The summed E-state index contributed by atoms with van der Waals surface area (Å²) in [6, 6.07) is -0.337. The minimum Gasteiger partial charge on any atom is -0.465 e. The fourth-order valence-corrected chi connectivity index (χ4v) is 2.27. The molecule has 4 N–H and O–H groups in total. The Kier molecular flexibility index (Phi) is 7.34. The normalized spacial score (nSPS) is 11.9. The van der Waals surface area contributed by atoms with Crippen LogP contribution >= 0.6 is 22.6 Å². The maximum atomic E-state index is 11.1. The molecule has 0 saturated heterocycles. The Morgan fingerprint density at radius 2 is 2.20 bits per heavy atom. The number of hydrogen-bond donors (Lipinski definition) is 4. The van der Waals surface area contributed by atoms with Crippen molar-refractivity contribution in [1.29, 1.82) is 0 Å². The van der Waals surface area contributed by atoms with Gasteiger partial charge >= 0.3 is 6.09 Å². The predicted octanol–water partition coefficient (Wildman–Crippen LogP) is 2.02. The molecular formula is C12H19IN4O3. The molecule has 0 fully saturated rings. The molecule has 1 atom stereocenters. The molecule has 0 radical (unpaired) electrons. The van der Waals surface area contributed by atoms with Crippen molar-refractivity contribution >= 4 is 34.6 Å². The number of nitrogens with one attached hydrogen (secondary N) is 3. The molecule has 0 saturated carbocycles. The van der Waals surface area contributed by atoms with Crippen LogP contribution in [0.3, 0.4) is 0 Å². The number of unbranched alkanes of at least 4 members (excludes halogenated alkanes) is 2. The fourth-order valence-electron chi connectivity index (χ4n) is 1.85. The minimum absolute atomic E-state index is 0.0331. The average Bonchev–Trinajstić information content (AvgIpc) is 2.82. The summed E-state index contributed by atoms with van der Waals surface area (Å²) in [5, 5.41) is 13.9. The SMILES string of the molecule is CNC(=O)CCCCCC(NC(=O)O)c1ncc(I)[nH]1. The van der Waals surface area contributed by atoms with Crippen LogP contribution in [-0.2, 0) is 4.79 Å². The summed E-state index contributed by atoms with van der Waals surface area (Å²) in [5.74, 6) is 0.661. The highest BCUT2D eigenvalue weighted by Crippen LogP contribution is 2.18. The third-order valence-corrected chi connectivity index (χ3v) is 3.42. The molecule has 0 bridgehead atoms. The van der Waals surface area contributed by atoms with Crippen molar-refractivity contribution in [3.05, 3.63) is 15.7 Å². The van der Waals surface area contributed by atoms with Gasteiger partial charge in [-0.25, -0.2) is 9.78 Å². The van der Waals surface area contributed by atoms with E-state index < -0.39 is 6.09 Å². The van der Waals surface area contributed by atoms with Crippen LogP contribution < -0.4 is 10.6 Å². The molecule has 0 aromatic carbocycles. The molecule has 1 rings (SSSR count). The van der Waals surface area contributed by atoms with Gasteiger partial charge in [-0.2, -0.15) is 0 Å². The van der Waals surface area contributed by atoms with Crippen molar-refractivity contribution in [2.75, 3.05) is 7.05 Å². The van der Waals surface area contributed by atoms with E-state index in [1.54, 1.807) is 13.2 Å². The lowest BCUT2D eigenvalue weighted by atomic mass is 10.1. The third kappa shape index (κ3) is 6.22. The quantitative estimate of drug-likeness (QED) is 0.400. The minimum atomic E-state index is -1.06. The summed E-state index contributed by atoms with van der Waals surface area (Å²) < 4.78 is 0.870. The Balaban J connectivity index is 2.38. The van der Waals surface area contributed by atoms with Gasteiger partial charge in [-0.05, 0) is 35.4 Å². The monoisotopic (exact) mass is 394 g/mol. The van der Waals surface area contributed by atoms with Gasteiger partial charge in [0, 0.05) is 13.5 Å². The molecule has 1 aromatic heterocycles. The first-order valence-corrected chi connectivity index (χ1v) is 7.51. The van der Waals surface area contributed by atoms with Crippen molar-refractivity contribution < 1.29 is 14.7 Å². The molecule has 2 amide bonds. The van der Waals surface area contributed by atoms with Gasteiger partial charge in [0.25, 0.3) is 0 Å². The van der Waals surface area contributed by atoms with E-state index in [0.717, 1.165) is 23.0 Å². The summed E-state index contributed by atoms with van der Waals surface area (Å²) in [5.41, 5.74) is 0. The summed E-state index contributed by atoms with van der Waals surface area (Å²) in [4.78, 5) is 29.1. The maximum Gasteiger partial charge on any atom is 0.405 e. The maximum absolute atomic E-state index is 11.1. The zero-order valence-electron chi connectivity index (χ0n) is 11.3. The van der Waals surface area contributed by atoms with E-state index in [0.29, 0.717) is 18.7 Å². The van der Waals surface area contributed by atoms with E-state index in [2.05, 4.69) is 43.2 Å². The highest BCUT2D eigenvalue weighted by molar-refractivity contribution is 14.1. The van der Waals surface area contributed by atoms with Crippen molar-refractivity contribution in [2.45, 2.75) is 38.1 Å². The number of aromatic nitrogens is 2. The standard InChI is InChI=1S/C12H19IN4O3/c1-14-10(18)6-4-2-3-5-8(16-12(19)20)11-15-7-9(13)17-11/h7-8,16H,2-6H2,1H3,(H,14,18)(H,15,17)(H,19,20). The van der Waals surface area contributed by atoms with E-state index in [4.69, 9.17) is 5.11 Å². The number of carbonyl (C=O) groups is 2. The molecule has 0 aliphatic heterocycles. The number of halogens is 1. The van der Waals surface area contributed by atoms with Crippen LogP contribution in [-0.4, -0.2) is 34.1 Å². The van der Waals surface area contributed by atoms with Crippen molar-refractivity contribution in [2.24, 2.45) is 0 Å².